The van der Waals surface area contributed by atoms with Crippen LogP contribution in [0.1, 0.15) is 27.2 Å². The maximum Gasteiger partial charge on any atom is 0.228 e. The summed E-state index contributed by atoms with van der Waals surface area (Å²) >= 11 is 0. The Bertz CT molecular complexity index is 1670. The zero-order valence-corrected chi connectivity index (χ0v) is 18.8. The standard InChI is InChI=1S/C29H21N3O2/c1-18-7-11-20(12-8-18)24-17-26-30-23(15-16-32(26)31-24)27-22-5-3-4-6-25(22)34-29(27)28(33)21-13-9-19(2)10-14-21/h3-17H,1-2H3. The van der Waals surface area contributed by atoms with Gasteiger partial charge in [-0.05, 0) is 26.0 Å². The zero-order valence-electron chi connectivity index (χ0n) is 18.8. The first-order valence-electron chi connectivity index (χ1n) is 11.1. The number of aryl methyl sites for hydroxylation is 2. The fourth-order valence-electron chi connectivity index (χ4n) is 4.18. The van der Waals surface area contributed by atoms with Crippen LogP contribution in [0.2, 0.25) is 0 Å². The lowest BCUT2D eigenvalue weighted by Crippen LogP contribution is -2.02. The highest BCUT2D eigenvalue weighted by Gasteiger charge is 2.24. The van der Waals surface area contributed by atoms with Crippen molar-refractivity contribution < 1.29 is 9.21 Å². The Morgan fingerprint density at radius 3 is 2.29 bits per heavy atom. The van der Waals surface area contributed by atoms with Crippen LogP contribution in [-0.4, -0.2) is 20.4 Å². The molecule has 0 bridgehead atoms. The Kier molecular flexibility index (Phi) is 4.62. The molecular formula is C29H21N3O2. The molecule has 0 N–H and O–H groups in total. The minimum Gasteiger partial charge on any atom is -0.452 e. The first kappa shape index (κ1) is 20.1. The van der Waals surface area contributed by atoms with E-state index in [2.05, 4.69) is 36.3 Å². The fourth-order valence-corrected chi connectivity index (χ4v) is 4.18. The molecule has 0 saturated heterocycles. The Labute approximate surface area is 196 Å². The molecule has 0 aliphatic carbocycles. The normalized spacial score (nSPS) is 11.4. The molecule has 0 radical (unpaired) electrons. The van der Waals surface area contributed by atoms with Gasteiger partial charge in [-0.25, -0.2) is 9.50 Å². The van der Waals surface area contributed by atoms with Gasteiger partial charge >= 0.3 is 0 Å². The minimum atomic E-state index is -0.165. The Balaban J connectivity index is 1.50. The van der Waals surface area contributed by atoms with Crippen LogP contribution in [0, 0.1) is 13.8 Å². The van der Waals surface area contributed by atoms with E-state index in [1.54, 1.807) is 4.52 Å². The quantitative estimate of drug-likeness (QED) is 0.286. The summed E-state index contributed by atoms with van der Waals surface area (Å²) in [6, 6.07) is 27.3. The van der Waals surface area contributed by atoms with Gasteiger partial charge in [0.05, 0.1) is 17.0 Å². The van der Waals surface area contributed by atoms with E-state index in [0.717, 1.165) is 22.2 Å². The first-order chi connectivity index (χ1) is 16.6. The Hall–Kier alpha value is -4.51. The second-order valence-electron chi connectivity index (χ2n) is 8.51. The minimum absolute atomic E-state index is 0.165. The number of ketones is 1. The van der Waals surface area contributed by atoms with E-state index in [1.165, 1.54) is 5.56 Å². The van der Waals surface area contributed by atoms with Crippen molar-refractivity contribution in [1.29, 1.82) is 0 Å². The van der Waals surface area contributed by atoms with Crippen LogP contribution < -0.4 is 0 Å². The molecule has 34 heavy (non-hydrogen) atoms. The van der Waals surface area contributed by atoms with Crippen LogP contribution in [0.3, 0.4) is 0 Å². The lowest BCUT2D eigenvalue weighted by molar-refractivity contribution is 0.101. The van der Waals surface area contributed by atoms with Gasteiger partial charge in [0.2, 0.25) is 5.78 Å². The van der Waals surface area contributed by atoms with Gasteiger partial charge < -0.3 is 4.42 Å². The molecule has 0 unspecified atom stereocenters. The summed E-state index contributed by atoms with van der Waals surface area (Å²) in [5, 5.41) is 5.53. The number of nitrogens with zero attached hydrogens (tertiary/aromatic N) is 3. The van der Waals surface area contributed by atoms with Crippen molar-refractivity contribution in [2.75, 3.05) is 0 Å². The number of benzene rings is 3. The van der Waals surface area contributed by atoms with Gasteiger partial charge in [0, 0.05) is 28.8 Å². The molecule has 3 aromatic heterocycles. The van der Waals surface area contributed by atoms with Crippen LogP contribution in [0.5, 0.6) is 0 Å². The lowest BCUT2D eigenvalue weighted by atomic mass is 10.0. The van der Waals surface area contributed by atoms with Gasteiger partial charge in [-0.3, -0.25) is 4.79 Å². The highest BCUT2D eigenvalue weighted by atomic mass is 16.3. The number of carbonyl (C=O) groups excluding carboxylic acids is 1. The summed E-state index contributed by atoms with van der Waals surface area (Å²) in [5.74, 6) is 0.127. The summed E-state index contributed by atoms with van der Waals surface area (Å²) in [7, 11) is 0. The molecule has 0 saturated carbocycles. The van der Waals surface area contributed by atoms with Gasteiger partial charge in [0.25, 0.3) is 0 Å². The maximum absolute atomic E-state index is 13.5. The van der Waals surface area contributed by atoms with E-state index in [4.69, 9.17) is 9.40 Å². The second kappa shape index (κ2) is 7.81. The van der Waals surface area contributed by atoms with E-state index in [-0.39, 0.29) is 5.78 Å². The van der Waals surface area contributed by atoms with E-state index < -0.39 is 0 Å². The van der Waals surface area contributed by atoms with Gasteiger partial charge in [0.15, 0.2) is 11.4 Å². The number of fused-ring (bicyclic) bond motifs is 2. The second-order valence-corrected chi connectivity index (χ2v) is 8.51. The average Bonchev–Trinajstić information content (AvgIpc) is 3.46. The summed E-state index contributed by atoms with van der Waals surface area (Å²) in [4.78, 5) is 18.3. The van der Waals surface area contributed by atoms with Crippen LogP contribution in [0.15, 0.2) is 95.5 Å². The molecule has 0 aliphatic heterocycles. The van der Waals surface area contributed by atoms with Crippen LogP contribution in [0.25, 0.3) is 39.1 Å². The zero-order chi connectivity index (χ0) is 23.2. The number of para-hydroxylation sites is 1. The largest absolute Gasteiger partial charge is 0.452 e. The molecule has 164 valence electrons. The highest BCUT2D eigenvalue weighted by Crippen LogP contribution is 2.35. The molecule has 0 amide bonds. The van der Waals surface area contributed by atoms with Crippen molar-refractivity contribution in [3.63, 3.8) is 0 Å². The Morgan fingerprint density at radius 2 is 1.53 bits per heavy atom. The molecule has 5 nitrogen and oxygen atoms in total. The number of rotatable bonds is 4. The van der Waals surface area contributed by atoms with Gasteiger partial charge in [-0.15, -0.1) is 0 Å². The number of hydrogen-bond acceptors (Lipinski definition) is 4. The SMILES string of the molecule is Cc1ccc(C(=O)c2oc3ccccc3c2-c2ccn3nc(-c4ccc(C)cc4)cc3n2)cc1. The highest BCUT2D eigenvalue weighted by molar-refractivity contribution is 6.15. The van der Waals surface area contributed by atoms with Crippen molar-refractivity contribution in [3.05, 3.63) is 114 Å². The maximum atomic E-state index is 13.5. The molecule has 0 atom stereocenters. The predicted molar refractivity (Wildman–Crippen MR) is 133 cm³/mol. The summed E-state index contributed by atoms with van der Waals surface area (Å²) in [6.07, 6.45) is 1.87. The molecule has 3 heterocycles. The smallest absolute Gasteiger partial charge is 0.228 e. The predicted octanol–water partition coefficient (Wildman–Crippen LogP) is 6.66. The molecule has 6 rings (SSSR count). The summed E-state index contributed by atoms with van der Waals surface area (Å²) in [5.41, 5.74) is 7.47. The van der Waals surface area contributed by atoms with Crippen molar-refractivity contribution in [1.82, 2.24) is 14.6 Å². The fraction of sp³-hybridized carbons (Fsp3) is 0.0690. The van der Waals surface area contributed by atoms with E-state index in [9.17, 15) is 4.79 Å². The summed E-state index contributed by atoms with van der Waals surface area (Å²) < 4.78 is 7.84. The van der Waals surface area contributed by atoms with Crippen molar-refractivity contribution in [2.45, 2.75) is 13.8 Å². The molecule has 0 spiro atoms. The van der Waals surface area contributed by atoms with Crippen molar-refractivity contribution >= 4 is 22.4 Å². The molecule has 6 aromatic rings. The molecular weight excluding hydrogens is 422 g/mol. The number of aromatic nitrogens is 3. The van der Waals surface area contributed by atoms with Gasteiger partial charge in [-0.2, -0.15) is 5.10 Å². The van der Waals surface area contributed by atoms with E-state index in [0.29, 0.717) is 33.8 Å². The van der Waals surface area contributed by atoms with Crippen LogP contribution >= 0.6 is 0 Å². The van der Waals surface area contributed by atoms with Crippen molar-refractivity contribution in [3.8, 4) is 22.5 Å². The topological polar surface area (TPSA) is 60.4 Å². The molecule has 5 heteroatoms. The average molecular weight is 444 g/mol. The number of furan rings is 1. The van der Waals surface area contributed by atoms with Crippen LogP contribution in [-0.2, 0) is 0 Å². The first-order valence-corrected chi connectivity index (χ1v) is 11.1. The lowest BCUT2D eigenvalue weighted by Gasteiger charge is -2.04. The van der Waals surface area contributed by atoms with Gasteiger partial charge in [0.1, 0.15) is 5.58 Å². The van der Waals surface area contributed by atoms with Crippen molar-refractivity contribution in [2.24, 2.45) is 0 Å². The number of carbonyl (C=O) groups is 1. The van der Waals surface area contributed by atoms with Crippen LogP contribution in [0.4, 0.5) is 0 Å². The third-order valence-corrected chi connectivity index (χ3v) is 6.04. The molecule has 3 aromatic carbocycles. The van der Waals surface area contributed by atoms with E-state index in [1.807, 2.05) is 73.8 Å². The Morgan fingerprint density at radius 1 is 0.824 bits per heavy atom. The third kappa shape index (κ3) is 3.39. The molecule has 0 aliphatic rings. The third-order valence-electron chi connectivity index (χ3n) is 6.04. The van der Waals surface area contributed by atoms with Gasteiger partial charge in [-0.1, -0.05) is 77.9 Å². The number of hydrogen-bond donors (Lipinski definition) is 0. The van der Waals surface area contributed by atoms with E-state index >= 15 is 0 Å². The monoisotopic (exact) mass is 443 g/mol. The molecule has 0 fully saturated rings. The summed E-state index contributed by atoms with van der Waals surface area (Å²) in [6.45, 7) is 4.06.